The zero-order valence-corrected chi connectivity index (χ0v) is 18.3. The number of methoxy groups -OCH3 is 1. The van der Waals surface area contributed by atoms with Gasteiger partial charge in [0, 0.05) is 50.2 Å². The van der Waals surface area contributed by atoms with Crippen LogP contribution in [0.15, 0.2) is 28.8 Å². The van der Waals surface area contributed by atoms with Crippen molar-refractivity contribution in [3.63, 3.8) is 0 Å². The highest BCUT2D eigenvalue weighted by Crippen LogP contribution is 2.06. The van der Waals surface area contributed by atoms with E-state index in [0.29, 0.717) is 12.8 Å². The van der Waals surface area contributed by atoms with Gasteiger partial charge in [-0.25, -0.2) is 9.59 Å². The van der Waals surface area contributed by atoms with Gasteiger partial charge in [0.05, 0.1) is 19.5 Å². The monoisotopic (exact) mass is 486 g/mol. The Labute approximate surface area is 193 Å². The Balaban J connectivity index is 0.000000520. The fourth-order valence-electron chi connectivity index (χ4n) is 2.16. The number of carboxylic acids is 1. The SMILES string of the molecule is COC(N)=O.O=C(CCCN1C(=O)C=CC1=O)ON=S.O=C(O)CCCN1C(=O)C=CC1=O. The third-order valence-electron chi connectivity index (χ3n) is 3.68. The molecule has 0 aromatic rings. The molecule has 0 radical (unpaired) electrons. The molecule has 2 aliphatic rings. The topological polar surface area (TPSA) is 203 Å². The second-order valence-electron chi connectivity index (χ2n) is 5.98. The van der Waals surface area contributed by atoms with E-state index in [1.807, 2.05) is 0 Å². The summed E-state index contributed by atoms with van der Waals surface area (Å²) in [5.74, 6) is -2.95. The number of hydrogen-bond donors (Lipinski definition) is 2. The summed E-state index contributed by atoms with van der Waals surface area (Å²) in [6, 6.07) is 0. The second kappa shape index (κ2) is 15.7. The molecule has 0 aromatic carbocycles. The predicted octanol–water partition coefficient (Wildman–Crippen LogP) is -0.632. The van der Waals surface area contributed by atoms with E-state index in [1.54, 1.807) is 0 Å². The van der Waals surface area contributed by atoms with Crippen molar-refractivity contribution in [2.75, 3.05) is 20.2 Å². The molecule has 0 unspecified atom stereocenters. The first-order chi connectivity index (χ1) is 15.5. The molecule has 0 fully saturated rings. The van der Waals surface area contributed by atoms with Gasteiger partial charge in [-0.05, 0) is 17.4 Å². The summed E-state index contributed by atoms with van der Waals surface area (Å²) in [5.41, 5.74) is 4.43. The molecule has 14 nitrogen and oxygen atoms in total. The van der Waals surface area contributed by atoms with E-state index in [9.17, 15) is 33.6 Å². The Morgan fingerprint density at radius 2 is 1.27 bits per heavy atom. The van der Waals surface area contributed by atoms with Crippen molar-refractivity contribution >= 4 is 54.1 Å². The fourth-order valence-corrected chi connectivity index (χ4v) is 2.24. The zero-order valence-electron chi connectivity index (χ0n) is 17.5. The molecule has 0 saturated heterocycles. The average Bonchev–Trinajstić information content (AvgIpc) is 3.24. The van der Waals surface area contributed by atoms with Gasteiger partial charge in [0.25, 0.3) is 23.6 Å². The van der Waals surface area contributed by atoms with E-state index in [1.165, 1.54) is 31.4 Å². The van der Waals surface area contributed by atoms with E-state index in [2.05, 4.69) is 32.3 Å². The molecule has 15 heteroatoms. The van der Waals surface area contributed by atoms with Crippen LogP contribution in [0.5, 0.6) is 0 Å². The summed E-state index contributed by atoms with van der Waals surface area (Å²) in [6.45, 7) is 0.369. The van der Waals surface area contributed by atoms with Crippen molar-refractivity contribution in [2.45, 2.75) is 25.7 Å². The third-order valence-corrected chi connectivity index (χ3v) is 3.75. The summed E-state index contributed by atoms with van der Waals surface area (Å²) in [5, 5.41) is 8.32. The Hall–Kier alpha value is -4.01. The maximum Gasteiger partial charge on any atom is 0.404 e. The van der Waals surface area contributed by atoms with E-state index in [0.717, 1.165) is 9.80 Å². The number of imide groups is 2. The molecule has 2 rings (SSSR count). The Morgan fingerprint density at radius 1 is 0.909 bits per heavy atom. The van der Waals surface area contributed by atoms with Crippen molar-refractivity contribution in [3.05, 3.63) is 24.3 Å². The van der Waals surface area contributed by atoms with Gasteiger partial charge in [-0.2, -0.15) is 0 Å². The molecule has 0 saturated carbocycles. The molecule has 2 aliphatic heterocycles. The number of carbonyl (C=O) groups is 7. The van der Waals surface area contributed by atoms with E-state index in [-0.39, 0.29) is 49.6 Å². The van der Waals surface area contributed by atoms with Crippen LogP contribution in [0, 0.1) is 0 Å². The molecule has 3 N–H and O–H groups in total. The molecule has 0 bridgehead atoms. The molecule has 0 aliphatic carbocycles. The van der Waals surface area contributed by atoms with Crippen LogP contribution in [0.3, 0.4) is 0 Å². The van der Waals surface area contributed by atoms with Gasteiger partial charge in [-0.15, -0.1) is 0 Å². The van der Waals surface area contributed by atoms with Gasteiger partial charge in [0.2, 0.25) is 0 Å². The minimum Gasteiger partial charge on any atom is -0.481 e. The molecule has 33 heavy (non-hydrogen) atoms. The standard InChI is InChI=1S/C8H8N2O4S.C8H9NO4.C2H5NO2/c11-6-3-4-7(12)10(6)5-1-2-8(13)14-9-15;10-6-3-4-7(11)9(6)5-1-2-8(12)13;1-5-2(3)4/h3-4H,1-2,5H2;3-4H,1-2,5H2,(H,12,13);1H3,(H2,3,4). The number of carboxylic acid groups (broad SMARTS) is 1. The quantitative estimate of drug-likeness (QED) is 0.310. The number of carbonyl (C=O) groups excluding carboxylic acids is 6. The minimum absolute atomic E-state index is 0.0307. The van der Waals surface area contributed by atoms with Gasteiger partial charge < -0.3 is 20.4 Å². The molecule has 180 valence electrons. The van der Waals surface area contributed by atoms with Crippen molar-refractivity contribution in [1.29, 1.82) is 0 Å². The molecular formula is C18H22N4O10S. The third kappa shape index (κ3) is 12.4. The van der Waals surface area contributed by atoms with E-state index >= 15 is 0 Å². The molecule has 0 spiro atoms. The molecular weight excluding hydrogens is 464 g/mol. The first kappa shape index (κ1) is 29.0. The maximum atomic E-state index is 11.1. The summed E-state index contributed by atoms with van der Waals surface area (Å²) >= 11 is 4.08. The predicted molar refractivity (Wildman–Crippen MR) is 110 cm³/mol. The molecule has 0 atom stereocenters. The van der Waals surface area contributed by atoms with Crippen molar-refractivity contribution < 1.29 is 48.2 Å². The molecule has 0 aromatic heterocycles. The van der Waals surface area contributed by atoms with Crippen LogP contribution in [-0.2, 0) is 50.8 Å². The second-order valence-corrected chi connectivity index (χ2v) is 6.13. The van der Waals surface area contributed by atoms with Gasteiger partial charge in [0.15, 0.2) is 0 Å². The lowest BCUT2D eigenvalue weighted by molar-refractivity contribution is -0.144. The normalized spacial score (nSPS) is 13.7. The number of ether oxygens (including phenoxy) is 1. The highest BCUT2D eigenvalue weighted by molar-refractivity contribution is 7.47. The molecule has 5 amide bonds. The number of hydrogen-bond acceptors (Lipinski definition) is 11. The largest absolute Gasteiger partial charge is 0.481 e. The highest BCUT2D eigenvalue weighted by atomic mass is 32.1. The molecule has 2 heterocycles. The summed E-state index contributed by atoms with van der Waals surface area (Å²) < 4.78 is 6.68. The van der Waals surface area contributed by atoms with Crippen LogP contribution < -0.4 is 5.73 Å². The lowest BCUT2D eigenvalue weighted by Crippen LogP contribution is -2.31. The number of primary amides is 1. The maximum absolute atomic E-state index is 11.1. The van der Waals surface area contributed by atoms with Gasteiger partial charge in [0.1, 0.15) is 0 Å². The Bertz CT molecular complexity index is 819. The average molecular weight is 486 g/mol. The van der Waals surface area contributed by atoms with Crippen molar-refractivity contribution in [2.24, 2.45) is 10.3 Å². The number of nitrogens with zero attached hydrogens (tertiary/aromatic N) is 3. The van der Waals surface area contributed by atoms with Crippen LogP contribution in [-0.4, -0.2) is 76.8 Å². The Morgan fingerprint density at radius 3 is 1.58 bits per heavy atom. The summed E-state index contributed by atoms with van der Waals surface area (Å²) in [4.78, 5) is 80.5. The van der Waals surface area contributed by atoms with Crippen LogP contribution in [0.1, 0.15) is 25.7 Å². The lowest BCUT2D eigenvalue weighted by atomic mass is 10.3. The highest BCUT2D eigenvalue weighted by Gasteiger charge is 2.23. The first-order valence-electron chi connectivity index (χ1n) is 9.18. The zero-order chi connectivity index (χ0) is 25.4. The van der Waals surface area contributed by atoms with E-state index in [4.69, 9.17) is 5.11 Å². The van der Waals surface area contributed by atoms with Crippen LogP contribution in [0.2, 0.25) is 0 Å². The first-order valence-corrected chi connectivity index (χ1v) is 9.54. The van der Waals surface area contributed by atoms with Gasteiger partial charge in [-0.3, -0.25) is 33.8 Å². The van der Waals surface area contributed by atoms with Gasteiger partial charge >= 0.3 is 18.0 Å². The van der Waals surface area contributed by atoms with Crippen molar-refractivity contribution in [1.82, 2.24) is 9.80 Å². The van der Waals surface area contributed by atoms with Gasteiger partial charge in [-0.1, -0.05) is 0 Å². The smallest absolute Gasteiger partial charge is 0.404 e. The van der Waals surface area contributed by atoms with Crippen LogP contribution in [0.4, 0.5) is 4.79 Å². The minimum atomic E-state index is -0.924. The van der Waals surface area contributed by atoms with E-state index < -0.39 is 18.0 Å². The number of rotatable bonds is 9. The lowest BCUT2D eigenvalue weighted by Gasteiger charge is -2.12. The summed E-state index contributed by atoms with van der Waals surface area (Å²) in [6.07, 6.45) is 4.68. The number of aliphatic carboxylic acids is 1. The number of amides is 5. The fraction of sp³-hybridized carbons (Fsp3) is 0.389. The van der Waals surface area contributed by atoms with Crippen LogP contribution in [0.25, 0.3) is 0 Å². The summed E-state index contributed by atoms with van der Waals surface area (Å²) in [7, 11) is 1.22. The van der Waals surface area contributed by atoms with Crippen LogP contribution >= 0.6 is 0 Å². The number of nitrogens with two attached hydrogens (primary N) is 1. The Kier molecular flexibility index (Phi) is 13.8. The van der Waals surface area contributed by atoms with Crippen molar-refractivity contribution in [3.8, 4) is 0 Å².